The second kappa shape index (κ2) is 7.24. The van der Waals surface area contributed by atoms with Gasteiger partial charge < -0.3 is 4.74 Å². The Labute approximate surface area is 125 Å². The van der Waals surface area contributed by atoms with Crippen LogP contribution in [0.2, 0.25) is 0 Å². The summed E-state index contributed by atoms with van der Waals surface area (Å²) in [5, 5.41) is 0. The van der Waals surface area contributed by atoms with E-state index in [-0.39, 0.29) is 5.60 Å². The van der Waals surface area contributed by atoms with Crippen LogP contribution < -0.4 is 11.3 Å². The van der Waals surface area contributed by atoms with E-state index in [9.17, 15) is 0 Å². The van der Waals surface area contributed by atoms with Crippen LogP contribution in [0, 0.1) is 17.8 Å². The lowest BCUT2D eigenvalue weighted by Crippen LogP contribution is -2.60. The molecule has 0 radical (unpaired) electrons. The standard InChI is InChI=1S/C17H34N2O/c1-4-20-17(8-6-5-7-9-17)16(19-18)15-11-13(2)10-14(3)12-15/h13-16,19H,4-12,18H2,1-3H3. The minimum Gasteiger partial charge on any atom is -0.374 e. The number of hydrogen-bond acceptors (Lipinski definition) is 3. The molecular weight excluding hydrogens is 248 g/mol. The number of rotatable bonds is 5. The molecule has 3 atom stereocenters. The van der Waals surface area contributed by atoms with E-state index < -0.39 is 0 Å². The molecule has 0 aromatic rings. The van der Waals surface area contributed by atoms with Gasteiger partial charge in [0.1, 0.15) is 0 Å². The molecule has 20 heavy (non-hydrogen) atoms. The minimum absolute atomic E-state index is 0.0107. The van der Waals surface area contributed by atoms with Crippen molar-refractivity contribution in [3.63, 3.8) is 0 Å². The first-order chi connectivity index (χ1) is 9.61. The van der Waals surface area contributed by atoms with Gasteiger partial charge in [-0.3, -0.25) is 11.3 Å². The third kappa shape index (κ3) is 3.55. The van der Waals surface area contributed by atoms with Crippen molar-refractivity contribution in [1.82, 2.24) is 5.43 Å². The SMILES string of the molecule is CCOC1(C(NN)C2CC(C)CC(C)C2)CCCCC1. The molecule has 0 amide bonds. The normalized spacial score (nSPS) is 35.7. The van der Waals surface area contributed by atoms with Gasteiger partial charge in [0.25, 0.3) is 0 Å². The highest BCUT2D eigenvalue weighted by atomic mass is 16.5. The van der Waals surface area contributed by atoms with Crippen molar-refractivity contribution in [1.29, 1.82) is 0 Å². The van der Waals surface area contributed by atoms with Crippen LogP contribution in [-0.4, -0.2) is 18.2 Å². The smallest absolute Gasteiger partial charge is 0.0850 e. The van der Waals surface area contributed by atoms with E-state index in [1.165, 1.54) is 51.4 Å². The van der Waals surface area contributed by atoms with Crippen molar-refractivity contribution in [3.8, 4) is 0 Å². The van der Waals surface area contributed by atoms with Crippen LogP contribution in [0.4, 0.5) is 0 Å². The molecule has 3 nitrogen and oxygen atoms in total. The molecule has 2 fully saturated rings. The van der Waals surface area contributed by atoms with Gasteiger partial charge in [-0.25, -0.2) is 0 Å². The topological polar surface area (TPSA) is 47.3 Å². The van der Waals surface area contributed by atoms with E-state index >= 15 is 0 Å². The number of hydrazine groups is 1. The Balaban J connectivity index is 2.14. The number of nitrogens with two attached hydrogens (primary N) is 1. The van der Waals surface area contributed by atoms with Crippen molar-refractivity contribution in [2.45, 2.75) is 83.8 Å². The molecule has 0 spiro atoms. The molecule has 0 aromatic heterocycles. The predicted molar refractivity (Wildman–Crippen MR) is 84.2 cm³/mol. The summed E-state index contributed by atoms with van der Waals surface area (Å²) in [4.78, 5) is 0. The Morgan fingerprint density at radius 1 is 1.10 bits per heavy atom. The lowest BCUT2D eigenvalue weighted by Gasteiger charge is -2.48. The van der Waals surface area contributed by atoms with Gasteiger partial charge >= 0.3 is 0 Å². The van der Waals surface area contributed by atoms with Gasteiger partial charge in [0.2, 0.25) is 0 Å². The Bertz CT molecular complexity index is 273. The van der Waals surface area contributed by atoms with Crippen molar-refractivity contribution in [2.24, 2.45) is 23.6 Å². The summed E-state index contributed by atoms with van der Waals surface area (Å²) >= 11 is 0. The highest BCUT2D eigenvalue weighted by molar-refractivity contribution is 4.99. The summed E-state index contributed by atoms with van der Waals surface area (Å²) in [5.74, 6) is 8.32. The molecule has 3 unspecified atom stereocenters. The fourth-order valence-corrected chi connectivity index (χ4v) is 4.98. The lowest BCUT2D eigenvalue weighted by molar-refractivity contribution is -0.109. The summed E-state index contributed by atoms with van der Waals surface area (Å²) in [6, 6.07) is 0.327. The van der Waals surface area contributed by atoms with Crippen molar-refractivity contribution in [3.05, 3.63) is 0 Å². The molecule has 2 saturated carbocycles. The average molecular weight is 282 g/mol. The van der Waals surface area contributed by atoms with E-state index in [1.807, 2.05) is 0 Å². The van der Waals surface area contributed by atoms with Crippen molar-refractivity contribution < 1.29 is 4.74 Å². The Morgan fingerprint density at radius 2 is 1.70 bits per heavy atom. The zero-order valence-corrected chi connectivity index (χ0v) is 13.7. The molecule has 3 N–H and O–H groups in total. The van der Waals surface area contributed by atoms with E-state index in [0.29, 0.717) is 12.0 Å². The first-order valence-electron chi connectivity index (χ1n) is 8.71. The van der Waals surface area contributed by atoms with Crippen LogP contribution in [0.5, 0.6) is 0 Å². The van der Waals surface area contributed by atoms with Gasteiger partial charge in [-0.15, -0.1) is 0 Å². The van der Waals surface area contributed by atoms with E-state index in [1.54, 1.807) is 0 Å². The maximum absolute atomic E-state index is 6.30. The van der Waals surface area contributed by atoms with Crippen molar-refractivity contribution >= 4 is 0 Å². The molecule has 0 heterocycles. The number of hydrogen-bond donors (Lipinski definition) is 2. The van der Waals surface area contributed by atoms with Crippen LogP contribution in [-0.2, 0) is 4.74 Å². The molecule has 0 aromatic carbocycles. The third-order valence-electron chi connectivity index (χ3n) is 5.56. The molecule has 3 heteroatoms. The summed E-state index contributed by atoms with van der Waals surface area (Å²) in [6.07, 6.45) is 10.2. The van der Waals surface area contributed by atoms with Gasteiger partial charge in [-0.1, -0.05) is 33.1 Å². The number of ether oxygens (including phenoxy) is 1. The maximum atomic E-state index is 6.30. The van der Waals surface area contributed by atoms with Gasteiger partial charge in [0, 0.05) is 6.61 Å². The van der Waals surface area contributed by atoms with Crippen LogP contribution in [0.15, 0.2) is 0 Å². The van der Waals surface area contributed by atoms with E-state index in [4.69, 9.17) is 10.6 Å². The average Bonchev–Trinajstić information content (AvgIpc) is 2.39. The summed E-state index contributed by atoms with van der Waals surface area (Å²) in [7, 11) is 0. The van der Waals surface area contributed by atoms with Crippen molar-refractivity contribution in [2.75, 3.05) is 6.61 Å². The van der Waals surface area contributed by atoms with Crippen LogP contribution in [0.25, 0.3) is 0 Å². The number of nitrogens with one attached hydrogen (secondary N) is 1. The molecular formula is C17H34N2O. The van der Waals surface area contributed by atoms with Gasteiger partial charge in [0.05, 0.1) is 11.6 Å². The van der Waals surface area contributed by atoms with Gasteiger partial charge in [0.15, 0.2) is 0 Å². The first-order valence-corrected chi connectivity index (χ1v) is 8.71. The van der Waals surface area contributed by atoms with E-state index in [0.717, 1.165) is 18.4 Å². The second-order valence-corrected chi connectivity index (χ2v) is 7.38. The fourth-order valence-electron chi connectivity index (χ4n) is 4.98. The Kier molecular flexibility index (Phi) is 5.88. The molecule has 0 bridgehead atoms. The molecule has 2 rings (SSSR count). The highest BCUT2D eigenvalue weighted by Gasteiger charge is 2.45. The van der Waals surface area contributed by atoms with E-state index in [2.05, 4.69) is 26.2 Å². The summed E-state index contributed by atoms with van der Waals surface area (Å²) in [5.41, 5.74) is 3.17. The second-order valence-electron chi connectivity index (χ2n) is 7.38. The summed E-state index contributed by atoms with van der Waals surface area (Å²) < 4.78 is 6.30. The third-order valence-corrected chi connectivity index (χ3v) is 5.56. The van der Waals surface area contributed by atoms with Crippen LogP contribution in [0.3, 0.4) is 0 Å². The quantitative estimate of drug-likeness (QED) is 0.598. The Hall–Kier alpha value is -0.120. The zero-order valence-electron chi connectivity index (χ0n) is 13.7. The van der Waals surface area contributed by atoms with Crippen LogP contribution >= 0.6 is 0 Å². The molecule has 118 valence electrons. The van der Waals surface area contributed by atoms with Gasteiger partial charge in [-0.05, 0) is 56.8 Å². The monoisotopic (exact) mass is 282 g/mol. The highest BCUT2D eigenvalue weighted by Crippen LogP contribution is 2.43. The predicted octanol–water partition coefficient (Wildman–Crippen LogP) is 3.63. The maximum Gasteiger partial charge on any atom is 0.0850 e. The molecule has 0 aliphatic heterocycles. The largest absolute Gasteiger partial charge is 0.374 e. The summed E-state index contributed by atoms with van der Waals surface area (Å²) in [6.45, 7) is 7.71. The fraction of sp³-hybridized carbons (Fsp3) is 1.00. The van der Waals surface area contributed by atoms with Gasteiger partial charge in [-0.2, -0.15) is 0 Å². The zero-order chi connectivity index (χ0) is 14.6. The molecule has 0 saturated heterocycles. The Morgan fingerprint density at radius 3 is 2.20 bits per heavy atom. The molecule has 2 aliphatic rings. The van der Waals surface area contributed by atoms with Crippen LogP contribution in [0.1, 0.15) is 72.1 Å². The lowest BCUT2D eigenvalue weighted by atomic mass is 9.67. The first kappa shape index (κ1) is 16.3. The minimum atomic E-state index is -0.0107. The molecule has 2 aliphatic carbocycles.